The van der Waals surface area contributed by atoms with Gasteiger partial charge in [-0.15, -0.1) is 10.2 Å². The van der Waals surface area contributed by atoms with E-state index < -0.39 is 0 Å². The number of amides is 1. The minimum Gasteiger partial charge on any atom is -0.497 e. The highest BCUT2D eigenvalue weighted by Gasteiger charge is 2.22. The van der Waals surface area contributed by atoms with Crippen LogP contribution < -0.4 is 10.1 Å². The van der Waals surface area contributed by atoms with Crippen LogP contribution in [0.4, 0.5) is 5.69 Å². The molecule has 0 spiro atoms. The monoisotopic (exact) mass is 433 g/mol. The first kappa shape index (κ1) is 21.3. The molecule has 0 saturated carbocycles. The van der Waals surface area contributed by atoms with Crippen molar-refractivity contribution in [3.05, 3.63) is 66.2 Å². The third kappa shape index (κ3) is 4.84. The Morgan fingerprint density at radius 2 is 1.94 bits per heavy atom. The third-order valence-electron chi connectivity index (χ3n) is 4.76. The van der Waals surface area contributed by atoms with E-state index in [9.17, 15) is 4.79 Å². The molecule has 2 heterocycles. The topological polar surface area (TPSA) is 107 Å². The molecule has 0 aliphatic rings. The second-order valence-electron chi connectivity index (χ2n) is 7.28. The number of benzene rings is 2. The smallest absolute Gasteiger partial charge is 0.253 e. The largest absolute Gasteiger partial charge is 0.497 e. The second-order valence-corrected chi connectivity index (χ2v) is 7.28. The normalized spacial score (nSPS) is 11.0. The molecule has 0 bridgehead atoms. The van der Waals surface area contributed by atoms with Gasteiger partial charge in [-0.2, -0.15) is 0 Å². The number of hydrogen-bond acceptors (Lipinski definition) is 8. The number of likely N-dealkylation sites (N-methyl/N-ethyl adjacent to an activating group) is 1. The fraction of sp³-hybridized carbons (Fsp3) is 0.217. The Morgan fingerprint density at radius 1 is 1.12 bits per heavy atom. The predicted octanol–water partition coefficient (Wildman–Crippen LogP) is 3.78. The molecule has 4 aromatic rings. The number of methoxy groups -OCH3 is 1. The Kier molecular flexibility index (Phi) is 6.27. The number of ether oxygens (including phenoxy) is 1. The summed E-state index contributed by atoms with van der Waals surface area (Å²) in [4.78, 5) is 14.2. The lowest BCUT2D eigenvalue weighted by Crippen LogP contribution is -2.29. The summed E-state index contributed by atoms with van der Waals surface area (Å²) in [5.74, 6) is 1.81. The summed E-state index contributed by atoms with van der Waals surface area (Å²) in [6, 6.07) is 16.8. The van der Waals surface area contributed by atoms with E-state index in [0.29, 0.717) is 46.8 Å². The predicted molar refractivity (Wildman–Crippen MR) is 118 cm³/mol. The van der Waals surface area contributed by atoms with Gasteiger partial charge < -0.3 is 19.0 Å². The highest BCUT2D eigenvalue weighted by atomic mass is 16.5. The molecular formula is C23H23N5O4. The van der Waals surface area contributed by atoms with Gasteiger partial charge in [0.05, 0.1) is 20.2 Å². The van der Waals surface area contributed by atoms with Crippen molar-refractivity contribution in [3.8, 4) is 28.5 Å². The van der Waals surface area contributed by atoms with Gasteiger partial charge in [0.2, 0.25) is 11.8 Å². The van der Waals surface area contributed by atoms with Gasteiger partial charge >= 0.3 is 0 Å². The maximum absolute atomic E-state index is 12.4. The van der Waals surface area contributed by atoms with E-state index in [1.165, 1.54) is 0 Å². The molecule has 1 amide bonds. The molecule has 1 N–H and O–H groups in total. The molecule has 9 nitrogen and oxygen atoms in total. The van der Waals surface area contributed by atoms with Crippen LogP contribution in [-0.2, 0) is 11.3 Å². The third-order valence-corrected chi connectivity index (χ3v) is 4.76. The molecule has 0 unspecified atom stereocenters. The molecule has 164 valence electrons. The van der Waals surface area contributed by atoms with Gasteiger partial charge in [-0.05, 0) is 26.1 Å². The number of aromatic nitrogens is 3. The first-order chi connectivity index (χ1) is 15.5. The molecule has 2 aromatic carbocycles. The minimum atomic E-state index is -0.165. The maximum atomic E-state index is 12.4. The number of carbonyl (C=O) groups excluding carboxylic acids is 1. The number of anilines is 1. The number of aryl methyl sites for hydroxylation is 1. The molecule has 0 fully saturated rings. The van der Waals surface area contributed by atoms with Gasteiger partial charge in [0, 0.05) is 17.3 Å². The summed E-state index contributed by atoms with van der Waals surface area (Å²) in [6.45, 7) is 2.26. The van der Waals surface area contributed by atoms with Gasteiger partial charge in [-0.25, -0.2) is 0 Å². The van der Waals surface area contributed by atoms with Gasteiger partial charge in [0.25, 0.3) is 5.89 Å². The number of nitrogens with one attached hydrogen (secondary N) is 1. The summed E-state index contributed by atoms with van der Waals surface area (Å²) in [5.41, 5.74) is 2.86. The highest BCUT2D eigenvalue weighted by molar-refractivity contribution is 5.92. The summed E-state index contributed by atoms with van der Waals surface area (Å²) in [6.07, 6.45) is 0. The number of nitrogens with zero attached hydrogens (tertiary/aromatic N) is 4. The van der Waals surface area contributed by atoms with Gasteiger partial charge in [-0.3, -0.25) is 9.69 Å². The van der Waals surface area contributed by atoms with Crippen LogP contribution in [0.2, 0.25) is 0 Å². The molecule has 32 heavy (non-hydrogen) atoms. The lowest BCUT2D eigenvalue weighted by atomic mass is 10.1. The fourth-order valence-corrected chi connectivity index (χ4v) is 3.27. The van der Waals surface area contributed by atoms with Crippen molar-refractivity contribution in [2.24, 2.45) is 0 Å². The average molecular weight is 433 g/mol. The molecule has 4 rings (SSSR count). The Hall–Kier alpha value is -3.98. The van der Waals surface area contributed by atoms with Gasteiger partial charge in [0.1, 0.15) is 22.8 Å². The van der Waals surface area contributed by atoms with Crippen molar-refractivity contribution in [3.63, 3.8) is 0 Å². The molecular weight excluding hydrogens is 410 g/mol. The maximum Gasteiger partial charge on any atom is 0.253 e. The number of carbonyl (C=O) groups is 1. The van der Waals surface area contributed by atoms with Gasteiger partial charge in [0.15, 0.2) is 0 Å². The van der Waals surface area contributed by atoms with Crippen LogP contribution in [0.5, 0.6) is 5.75 Å². The standard InChI is InChI=1S/C23H23N5O4/c1-15-21(22(27-32-15)16-8-5-4-6-9-16)23-26-25-20(31-23)14-28(2)13-19(29)24-17-10-7-11-18(12-17)30-3/h4-12H,13-14H2,1-3H3,(H,24,29). The average Bonchev–Trinajstić information content (AvgIpc) is 3.40. The minimum absolute atomic E-state index is 0.149. The van der Waals surface area contributed by atoms with Crippen molar-refractivity contribution in [2.45, 2.75) is 13.5 Å². The Morgan fingerprint density at radius 3 is 2.72 bits per heavy atom. The van der Waals surface area contributed by atoms with E-state index >= 15 is 0 Å². The summed E-state index contributed by atoms with van der Waals surface area (Å²) >= 11 is 0. The van der Waals surface area contributed by atoms with Crippen LogP contribution in [-0.4, -0.2) is 46.9 Å². The number of hydrogen-bond donors (Lipinski definition) is 1. The second kappa shape index (κ2) is 9.44. The lowest BCUT2D eigenvalue weighted by Gasteiger charge is -2.14. The zero-order valence-electron chi connectivity index (χ0n) is 18.0. The van der Waals surface area contributed by atoms with E-state index in [-0.39, 0.29) is 12.5 Å². The van der Waals surface area contributed by atoms with E-state index in [1.54, 1.807) is 38.1 Å². The van der Waals surface area contributed by atoms with E-state index in [1.807, 2.05) is 42.5 Å². The highest BCUT2D eigenvalue weighted by Crippen LogP contribution is 2.33. The molecule has 9 heteroatoms. The zero-order chi connectivity index (χ0) is 22.5. The fourth-order valence-electron chi connectivity index (χ4n) is 3.27. The van der Waals surface area contributed by atoms with Crippen LogP contribution in [0.1, 0.15) is 11.7 Å². The summed E-state index contributed by atoms with van der Waals surface area (Å²) in [5, 5.41) is 15.3. The first-order valence-corrected chi connectivity index (χ1v) is 10.0. The molecule has 0 aliphatic heterocycles. The molecule has 0 saturated heterocycles. The van der Waals surface area contributed by atoms with Gasteiger partial charge in [-0.1, -0.05) is 41.6 Å². The van der Waals surface area contributed by atoms with Crippen LogP contribution in [0.15, 0.2) is 63.5 Å². The van der Waals surface area contributed by atoms with E-state index in [2.05, 4.69) is 20.7 Å². The summed E-state index contributed by atoms with van der Waals surface area (Å²) < 4.78 is 16.4. The van der Waals surface area contributed by atoms with Crippen LogP contribution in [0.3, 0.4) is 0 Å². The first-order valence-electron chi connectivity index (χ1n) is 10.0. The van der Waals surface area contributed by atoms with Crippen LogP contribution in [0, 0.1) is 6.92 Å². The van der Waals surface area contributed by atoms with Crippen LogP contribution in [0.25, 0.3) is 22.7 Å². The molecule has 2 aromatic heterocycles. The van der Waals surface area contributed by atoms with Crippen molar-refractivity contribution in [1.29, 1.82) is 0 Å². The Balaban J connectivity index is 1.41. The Bertz CT molecular complexity index is 1200. The molecule has 0 aliphatic carbocycles. The molecule has 0 radical (unpaired) electrons. The van der Waals surface area contributed by atoms with E-state index in [0.717, 1.165) is 5.56 Å². The SMILES string of the molecule is COc1cccc(NC(=O)CN(C)Cc2nnc(-c3c(-c4ccccc4)noc3C)o2)c1. The van der Waals surface area contributed by atoms with Crippen molar-refractivity contribution in [2.75, 3.05) is 26.0 Å². The van der Waals surface area contributed by atoms with E-state index in [4.69, 9.17) is 13.7 Å². The molecule has 0 atom stereocenters. The van der Waals surface area contributed by atoms with Crippen molar-refractivity contribution >= 4 is 11.6 Å². The summed E-state index contributed by atoms with van der Waals surface area (Å²) in [7, 11) is 3.38. The van der Waals surface area contributed by atoms with Crippen molar-refractivity contribution in [1.82, 2.24) is 20.3 Å². The quantitative estimate of drug-likeness (QED) is 0.447. The Labute approximate surface area is 185 Å². The van der Waals surface area contributed by atoms with Crippen LogP contribution >= 0.6 is 0 Å². The zero-order valence-corrected chi connectivity index (χ0v) is 18.0. The lowest BCUT2D eigenvalue weighted by molar-refractivity contribution is -0.117. The van der Waals surface area contributed by atoms with Crippen molar-refractivity contribution < 1.29 is 18.5 Å². The number of rotatable bonds is 8.